The normalized spacial score (nSPS) is 20.9. The summed E-state index contributed by atoms with van der Waals surface area (Å²) in [5.41, 5.74) is 4.42. The first-order valence-corrected chi connectivity index (χ1v) is 7.19. The molecule has 102 valence electrons. The molecule has 3 heteroatoms. The number of rotatable bonds is 4. The van der Waals surface area contributed by atoms with Crippen LogP contribution in [0.25, 0.3) is 0 Å². The SMILES string of the molecule is CC(C(=O)O)C1CN(Cc2ccc3c(c2)CCC3)C1. The van der Waals surface area contributed by atoms with Crippen molar-refractivity contribution in [2.75, 3.05) is 13.1 Å². The predicted octanol–water partition coefficient (Wildman–Crippen LogP) is 2.33. The molecule has 3 rings (SSSR count). The van der Waals surface area contributed by atoms with Crippen LogP contribution in [0.1, 0.15) is 30.0 Å². The zero-order valence-electron chi connectivity index (χ0n) is 11.4. The lowest BCUT2D eigenvalue weighted by Gasteiger charge is -2.41. The zero-order chi connectivity index (χ0) is 13.4. The third kappa shape index (κ3) is 2.52. The van der Waals surface area contributed by atoms with Crippen molar-refractivity contribution >= 4 is 5.97 Å². The van der Waals surface area contributed by atoms with Crippen LogP contribution in [0.4, 0.5) is 0 Å². The van der Waals surface area contributed by atoms with Gasteiger partial charge in [0.2, 0.25) is 0 Å². The highest BCUT2D eigenvalue weighted by Crippen LogP contribution is 2.27. The number of hydrogen-bond donors (Lipinski definition) is 1. The second-order valence-electron chi connectivity index (χ2n) is 6.04. The van der Waals surface area contributed by atoms with Crippen LogP contribution in [0.15, 0.2) is 18.2 Å². The van der Waals surface area contributed by atoms with E-state index in [4.69, 9.17) is 5.11 Å². The highest BCUT2D eigenvalue weighted by Gasteiger charge is 2.34. The molecule has 1 aliphatic carbocycles. The number of fused-ring (bicyclic) bond motifs is 1. The minimum atomic E-state index is -0.665. The van der Waals surface area contributed by atoms with Gasteiger partial charge in [0.1, 0.15) is 0 Å². The number of likely N-dealkylation sites (tertiary alicyclic amines) is 1. The molecule has 19 heavy (non-hydrogen) atoms. The molecule has 1 saturated heterocycles. The van der Waals surface area contributed by atoms with Gasteiger partial charge in [-0.05, 0) is 41.9 Å². The Balaban J connectivity index is 1.55. The van der Waals surface area contributed by atoms with E-state index < -0.39 is 5.97 Å². The van der Waals surface area contributed by atoms with E-state index in [1.165, 1.54) is 36.0 Å². The summed E-state index contributed by atoms with van der Waals surface area (Å²) in [6.45, 7) is 4.63. The van der Waals surface area contributed by atoms with Gasteiger partial charge in [0.05, 0.1) is 5.92 Å². The summed E-state index contributed by atoms with van der Waals surface area (Å²) in [4.78, 5) is 13.3. The van der Waals surface area contributed by atoms with E-state index in [2.05, 4.69) is 23.1 Å². The van der Waals surface area contributed by atoms with E-state index in [9.17, 15) is 4.79 Å². The predicted molar refractivity (Wildman–Crippen MR) is 74.0 cm³/mol. The third-order valence-electron chi connectivity index (χ3n) is 4.65. The Hall–Kier alpha value is -1.35. The minimum Gasteiger partial charge on any atom is -0.481 e. The van der Waals surface area contributed by atoms with Crippen LogP contribution in [0.3, 0.4) is 0 Å². The fourth-order valence-corrected chi connectivity index (χ4v) is 3.24. The standard InChI is InChI=1S/C16H21NO2/c1-11(16(18)19)15-9-17(10-15)8-12-5-6-13-3-2-4-14(13)7-12/h5-7,11,15H,2-4,8-10H2,1H3,(H,18,19). The first-order valence-electron chi connectivity index (χ1n) is 7.19. The number of benzene rings is 1. The zero-order valence-corrected chi connectivity index (χ0v) is 11.4. The molecule has 1 heterocycles. The molecular weight excluding hydrogens is 238 g/mol. The summed E-state index contributed by atoms with van der Waals surface area (Å²) < 4.78 is 0. The first-order chi connectivity index (χ1) is 9.13. The second kappa shape index (κ2) is 4.97. The molecule has 1 N–H and O–H groups in total. The molecule has 0 amide bonds. The van der Waals surface area contributed by atoms with Crippen LogP contribution < -0.4 is 0 Å². The van der Waals surface area contributed by atoms with E-state index in [1.807, 2.05) is 6.92 Å². The molecule has 1 aromatic carbocycles. The fourth-order valence-electron chi connectivity index (χ4n) is 3.24. The molecule has 0 saturated carbocycles. The molecule has 2 aliphatic rings. The van der Waals surface area contributed by atoms with E-state index in [0.29, 0.717) is 5.92 Å². The van der Waals surface area contributed by atoms with E-state index in [0.717, 1.165) is 19.6 Å². The Morgan fingerprint density at radius 1 is 1.37 bits per heavy atom. The van der Waals surface area contributed by atoms with Crippen molar-refractivity contribution < 1.29 is 9.90 Å². The topological polar surface area (TPSA) is 40.5 Å². The maximum absolute atomic E-state index is 10.9. The highest BCUT2D eigenvalue weighted by molar-refractivity contribution is 5.70. The average molecular weight is 259 g/mol. The van der Waals surface area contributed by atoms with Crippen LogP contribution in [-0.2, 0) is 24.2 Å². The van der Waals surface area contributed by atoms with Gasteiger partial charge >= 0.3 is 5.97 Å². The average Bonchev–Trinajstić information content (AvgIpc) is 2.79. The Morgan fingerprint density at radius 2 is 2.11 bits per heavy atom. The number of nitrogens with zero attached hydrogens (tertiary/aromatic N) is 1. The molecule has 1 aliphatic heterocycles. The summed E-state index contributed by atoms with van der Waals surface area (Å²) in [5.74, 6) is -0.551. The van der Waals surface area contributed by atoms with Crippen LogP contribution >= 0.6 is 0 Å². The third-order valence-corrected chi connectivity index (χ3v) is 4.65. The molecule has 1 fully saturated rings. The maximum atomic E-state index is 10.9. The summed E-state index contributed by atoms with van der Waals surface area (Å²) in [6.07, 6.45) is 3.75. The number of aliphatic carboxylic acids is 1. The largest absolute Gasteiger partial charge is 0.481 e. The van der Waals surface area contributed by atoms with Crippen molar-refractivity contribution in [3.05, 3.63) is 34.9 Å². The molecule has 1 atom stereocenters. The quantitative estimate of drug-likeness (QED) is 0.902. The summed E-state index contributed by atoms with van der Waals surface area (Å²) >= 11 is 0. The van der Waals surface area contributed by atoms with Gasteiger partial charge in [-0.15, -0.1) is 0 Å². The molecular formula is C16H21NO2. The lowest BCUT2D eigenvalue weighted by molar-refractivity contribution is -0.145. The Kier molecular flexibility index (Phi) is 3.31. The van der Waals surface area contributed by atoms with Gasteiger partial charge in [-0.3, -0.25) is 9.69 Å². The van der Waals surface area contributed by atoms with Crippen molar-refractivity contribution in [1.29, 1.82) is 0 Å². The molecule has 0 aromatic heterocycles. The molecule has 1 aromatic rings. The van der Waals surface area contributed by atoms with Gasteiger partial charge in [-0.1, -0.05) is 25.1 Å². The van der Waals surface area contributed by atoms with Gasteiger partial charge in [-0.2, -0.15) is 0 Å². The second-order valence-corrected chi connectivity index (χ2v) is 6.04. The van der Waals surface area contributed by atoms with Gasteiger partial charge in [0, 0.05) is 19.6 Å². The molecule has 1 unspecified atom stereocenters. The van der Waals surface area contributed by atoms with E-state index >= 15 is 0 Å². The van der Waals surface area contributed by atoms with Crippen molar-refractivity contribution in [3.8, 4) is 0 Å². The van der Waals surface area contributed by atoms with Crippen molar-refractivity contribution in [2.45, 2.75) is 32.7 Å². The monoisotopic (exact) mass is 259 g/mol. The van der Waals surface area contributed by atoms with E-state index in [1.54, 1.807) is 0 Å². The summed E-state index contributed by atoms with van der Waals surface area (Å²) in [6, 6.07) is 6.85. The summed E-state index contributed by atoms with van der Waals surface area (Å²) in [5, 5.41) is 8.98. The van der Waals surface area contributed by atoms with Crippen molar-refractivity contribution in [1.82, 2.24) is 4.90 Å². The number of carboxylic acids is 1. The Bertz CT molecular complexity index is 492. The molecule has 0 radical (unpaired) electrons. The van der Waals surface area contributed by atoms with Crippen molar-refractivity contribution in [2.24, 2.45) is 11.8 Å². The van der Waals surface area contributed by atoms with Gasteiger partial charge in [0.25, 0.3) is 0 Å². The van der Waals surface area contributed by atoms with Crippen LogP contribution in [0.5, 0.6) is 0 Å². The number of carbonyl (C=O) groups is 1. The van der Waals surface area contributed by atoms with Crippen LogP contribution in [0, 0.1) is 11.8 Å². The minimum absolute atomic E-state index is 0.212. The number of aryl methyl sites for hydroxylation is 2. The van der Waals surface area contributed by atoms with Gasteiger partial charge < -0.3 is 5.11 Å². The van der Waals surface area contributed by atoms with Crippen LogP contribution in [0.2, 0.25) is 0 Å². The smallest absolute Gasteiger partial charge is 0.306 e. The number of hydrogen-bond acceptors (Lipinski definition) is 2. The summed E-state index contributed by atoms with van der Waals surface area (Å²) in [7, 11) is 0. The Morgan fingerprint density at radius 3 is 2.84 bits per heavy atom. The first kappa shape index (κ1) is 12.7. The molecule has 0 spiro atoms. The van der Waals surface area contributed by atoms with Crippen molar-refractivity contribution in [3.63, 3.8) is 0 Å². The highest BCUT2D eigenvalue weighted by atomic mass is 16.4. The maximum Gasteiger partial charge on any atom is 0.306 e. The lowest BCUT2D eigenvalue weighted by Crippen LogP contribution is -2.50. The molecule has 0 bridgehead atoms. The van der Waals surface area contributed by atoms with Gasteiger partial charge in [-0.25, -0.2) is 0 Å². The van der Waals surface area contributed by atoms with Crippen LogP contribution in [-0.4, -0.2) is 29.1 Å². The Labute approximate surface area is 114 Å². The fraction of sp³-hybridized carbons (Fsp3) is 0.562. The van der Waals surface area contributed by atoms with Gasteiger partial charge in [0.15, 0.2) is 0 Å². The lowest BCUT2D eigenvalue weighted by atomic mass is 9.87. The number of carboxylic acid groups (broad SMARTS) is 1. The van der Waals surface area contributed by atoms with E-state index in [-0.39, 0.29) is 5.92 Å². The molecule has 3 nitrogen and oxygen atoms in total.